The monoisotopic (exact) mass is 177 g/mol. The SMILES string of the molecule is Cc1nccc(N2CC[N]CC2)n1. The Bertz CT molecular complexity index is 281. The number of rotatable bonds is 1. The third-order valence-electron chi connectivity index (χ3n) is 2.14. The molecule has 0 spiro atoms. The number of anilines is 1. The summed E-state index contributed by atoms with van der Waals surface area (Å²) in [6, 6.07) is 1.96. The van der Waals surface area contributed by atoms with Crippen molar-refractivity contribution in [3.05, 3.63) is 18.1 Å². The molecule has 0 aliphatic carbocycles. The summed E-state index contributed by atoms with van der Waals surface area (Å²) in [5.74, 6) is 1.86. The third-order valence-corrected chi connectivity index (χ3v) is 2.14. The molecule has 69 valence electrons. The molecule has 0 saturated carbocycles. The van der Waals surface area contributed by atoms with Crippen molar-refractivity contribution in [3.8, 4) is 0 Å². The molecular formula is C9H13N4. The topological polar surface area (TPSA) is 43.1 Å². The number of hydrogen-bond donors (Lipinski definition) is 0. The summed E-state index contributed by atoms with van der Waals surface area (Å²) < 4.78 is 0. The van der Waals surface area contributed by atoms with E-state index in [0.717, 1.165) is 37.8 Å². The van der Waals surface area contributed by atoms with Crippen LogP contribution in [-0.2, 0) is 0 Å². The van der Waals surface area contributed by atoms with Crippen LogP contribution in [0.2, 0.25) is 0 Å². The molecule has 4 nitrogen and oxygen atoms in total. The van der Waals surface area contributed by atoms with E-state index < -0.39 is 0 Å². The minimum atomic E-state index is 0.833. The Kier molecular flexibility index (Phi) is 2.40. The van der Waals surface area contributed by atoms with Gasteiger partial charge in [0, 0.05) is 32.4 Å². The number of piperazine rings is 1. The van der Waals surface area contributed by atoms with Crippen LogP contribution in [-0.4, -0.2) is 36.1 Å². The lowest BCUT2D eigenvalue weighted by molar-refractivity contribution is 0.574. The van der Waals surface area contributed by atoms with Crippen molar-refractivity contribution >= 4 is 5.82 Å². The van der Waals surface area contributed by atoms with Crippen LogP contribution in [0.5, 0.6) is 0 Å². The Hall–Kier alpha value is -1.16. The van der Waals surface area contributed by atoms with Crippen molar-refractivity contribution in [2.24, 2.45) is 0 Å². The Morgan fingerprint density at radius 1 is 1.31 bits per heavy atom. The van der Waals surface area contributed by atoms with Gasteiger partial charge in [-0.25, -0.2) is 15.3 Å². The summed E-state index contributed by atoms with van der Waals surface area (Å²) in [5.41, 5.74) is 0. The van der Waals surface area contributed by atoms with E-state index >= 15 is 0 Å². The third kappa shape index (κ3) is 1.95. The minimum absolute atomic E-state index is 0.833. The molecule has 0 amide bonds. The fraction of sp³-hybridized carbons (Fsp3) is 0.556. The number of aryl methyl sites for hydroxylation is 1. The van der Waals surface area contributed by atoms with E-state index in [1.807, 2.05) is 19.2 Å². The Labute approximate surface area is 78.0 Å². The highest BCUT2D eigenvalue weighted by Crippen LogP contribution is 2.09. The second-order valence-corrected chi connectivity index (χ2v) is 3.12. The van der Waals surface area contributed by atoms with E-state index in [0.29, 0.717) is 0 Å². The van der Waals surface area contributed by atoms with Crippen molar-refractivity contribution in [1.82, 2.24) is 15.3 Å². The van der Waals surface area contributed by atoms with Gasteiger partial charge in [0.1, 0.15) is 11.6 Å². The summed E-state index contributed by atoms with van der Waals surface area (Å²) in [5, 5.41) is 4.29. The number of hydrogen-bond acceptors (Lipinski definition) is 3. The minimum Gasteiger partial charge on any atom is -0.354 e. The van der Waals surface area contributed by atoms with Gasteiger partial charge in [0.05, 0.1) is 0 Å². The van der Waals surface area contributed by atoms with E-state index in [4.69, 9.17) is 0 Å². The largest absolute Gasteiger partial charge is 0.354 e. The predicted molar refractivity (Wildman–Crippen MR) is 50.9 cm³/mol. The Balaban J connectivity index is 2.14. The predicted octanol–water partition coefficient (Wildman–Crippen LogP) is 0.209. The molecule has 0 N–H and O–H groups in total. The fourth-order valence-corrected chi connectivity index (χ4v) is 1.46. The van der Waals surface area contributed by atoms with E-state index in [1.165, 1.54) is 0 Å². The molecule has 1 radical (unpaired) electrons. The summed E-state index contributed by atoms with van der Waals surface area (Å²) in [6.07, 6.45) is 1.81. The van der Waals surface area contributed by atoms with Crippen molar-refractivity contribution in [2.45, 2.75) is 6.92 Å². The average molecular weight is 177 g/mol. The van der Waals surface area contributed by atoms with Gasteiger partial charge in [0.2, 0.25) is 0 Å². The molecule has 0 unspecified atom stereocenters. The lowest BCUT2D eigenvalue weighted by atomic mass is 10.3. The number of aromatic nitrogens is 2. The molecule has 0 atom stereocenters. The average Bonchev–Trinajstić information content (AvgIpc) is 2.19. The Morgan fingerprint density at radius 2 is 2.08 bits per heavy atom. The van der Waals surface area contributed by atoms with Crippen molar-refractivity contribution in [1.29, 1.82) is 0 Å². The summed E-state index contributed by atoms with van der Waals surface area (Å²) >= 11 is 0. The zero-order valence-corrected chi connectivity index (χ0v) is 7.77. The van der Waals surface area contributed by atoms with Gasteiger partial charge < -0.3 is 4.90 Å². The van der Waals surface area contributed by atoms with E-state index in [1.54, 1.807) is 0 Å². The second kappa shape index (κ2) is 3.70. The van der Waals surface area contributed by atoms with Gasteiger partial charge in [-0.2, -0.15) is 0 Å². The zero-order valence-electron chi connectivity index (χ0n) is 7.77. The molecule has 2 heterocycles. The molecule has 1 aliphatic rings. The second-order valence-electron chi connectivity index (χ2n) is 3.12. The van der Waals surface area contributed by atoms with Gasteiger partial charge in [-0.1, -0.05) is 0 Å². The van der Waals surface area contributed by atoms with Crippen molar-refractivity contribution in [3.63, 3.8) is 0 Å². The maximum atomic E-state index is 4.37. The van der Waals surface area contributed by atoms with Crippen LogP contribution in [0.1, 0.15) is 5.82 Å². The lowest BCUT2D eigenvalue weighted by Gasteiger charge is -2.27. The van der Waals surface area contributed by atoms with Gasteiger partial charge in [-0.15, -0.1) is 0 Å². The van der Waals surface area contributed by atoms with Gasteiger partial charge in [0.25, 0.3) is 0 Å². The van der Waals surface area contributed by atoms with Gasteiger partial charge in [-0.3, -0.25) is 0 Å². The molecule has 13 heavy (non-hydrogen) atoms. The molecule has 1 aliphatic heterocycles. The number of nitrogens with zero attached hydrogens (tertiary/aromatic N) is 4. The van der Waals surface area contributed by atoms with Crippen molar-refractivity contribution < 1.29 is 0 Å². The normalized spacial score (nSPS) is 17.5. The van der Waals surface area contributed by atoms with Gasteiger partial charge in [-0.05, 0) is 13.0 Å². The summed E-state index contributed by atoms with van der Waals surface area (Å²) in [4.78, 5) is 10.7. The molecule has 1 fully saturated rings. The summed E-state index contributed by atoms with van der Waals surface area (Å²) in [6.45, 7) is 5.72. The van der Waals surface area contributed by atoms with E-state index in [9.17, 15) is 0 Å². The molecule has 0 bridgehead atoms. The van der Waals surface area contributed by atoms with E-state index in [2.05, 4.69) is 20.2 Å². The highest BCUT2D eigenvalue weighted by molar-refractivity contribution is 5.37. The molecule has 0 aromatic carbocycles. The maximum absolute atomic E-state index is 4.37. The fourth-order valence-electron chi connectivity index (χ4n) is 1.46. The van der Waals surface area contributed by atoms with Crippen LogP contribution in [0, 0.1) is 6.92 Å². The van der Waals surface area contributed by atoms with Crippen LogP contribution in [0.3, 0.4) is 0 Å². The molecule has 1 saturated heterocycles. The van der Waals surface area contributed by atoms with Crippen LogP contribution >= 0.6 is 0 Å². The first-order valence-corrected chi connectivity index (χ1v) is 4.54. The highest BCUT2D eigenvalue weighted by atomic mass is 15.2. The lowest BCUT2D eigenvalue weighted by Crippen LogP contribution is -2.40. The molecule has 1 aromatic rings. The smallest absolute Gasteiger partial charge is 0.132 e. The first-order valence-electron chi connectivity index (χ1n) is 4.54. The summed E-state index contributed by atoms with van der Waals surface area (Å²) in [7, 11) is 0. The maximum Gasteiger partial charge on any atom is 0.132 e. The first-order chi connectivity index (χ1) is 6.36. The molecule has 2 rings (SSSR count). The molecule has 1 aromatic heterocycles. The molecular weight excluding hydrogens is 164 g/mol. The van der Waals surface area contributed by atoms with E-state index in [-0.39, 0.29) is 0 Å². The standard InChI is InChI=1S/C9H13N4/c1-8-11-3-2-9(12-8)13-6-4-10-5-7-13/h2-3H,4-7H2,1H3. The van der Waals surface area contributed by atoms with Crippen LogP contribution in [0.4, 0.5) is 5.82 Å². The molecule has 4 heteroatoms. The van der Waals surface area contributed by atoms with Crippen LogP contribution in [0.15, 0.2) is 12.3 Å². The first kappa shape index (κ1) is 8.44. The van der Waals surface area contributed by atoms with Gasteiger partial charge >= 0.3 is 0 Å². The van der Waals surface area contributed by atoms with Crippen molar-refractivity contribution in [2.75, 3.05) is 31.1 Å². The van der Waals surface area contributed by atoms with Gasteiger partial charge in [0.15, 0.2) is 0 Å². The van der Waals surface area contributed by atoms with Crippen LogP contribution in [0.25, 0.3) is 0 Å². The van der Waals surface area contributed by atoms with Crippen LogP contribution < -0.4 is 10.2 Å². The Morgan fingerprint density at radius 3 is 2.77 bits per heavy atom. The zero-order chi connectivity index (χ0) is 9.10. The highest BCUT2D eigenvalue weighted by Gasteiger charge is 2.11. The quantitative estimate of drug-likeness (QED) is 0.616.